The molecule has 1 amide bonds. The van der Waals surface area contributed by atoms with Crippen molar-refractivity contribution in [3.63, 3.8) is 0 Å². The van der Waals surface area contributed by atoms with E-state index in [1.807, 2.05) is 0 Å². The second kappa shape index (κ2) is 6.70. The van der Waals surface area contributed by atoms with E-state index in [-0.39, 0.29) is 5.91 Å². The molecule has 0 radical (unpaired) electrons. The monoisotopic (exact) mass is 465 g/mol. The van der Waals surface area contributed by atoms with Gasteiger partial charge in [0, 0.05) is 10.1 Å². The van der Waals surface area contributed by atoms with Crippen LogP contribution in [0.5, 0.6) is 0 Å². The Morgan fingerprint density at radius 2 is 2.06 bits per heavy atom. The van der Waals surface area contributed by atoms with Crippen LogP contribution in [-0.2, 0) is 11.2 Å². The molecule has 94 valence electrons. The number of hydrogen-bond donors (Lipinski definition) is 1. The molecule has 0 aliphatic heterocycles. The van der Waals surface area contributed by atoms with Crippen LogP contribution in [0.15, 0.2) is 36.4 Å². The van der Waals surface area contributed by atoms with Crippen LogP contribution >= 0.6 is 45.2 Å². The molecule has 0 heterocycles. The lowest BCUT2D eigenvalue weighted by molar-refractivity contribution is -0.118. The molecule has 18 heavy (non-hydrogen) atoms. The number of amides is 1. The SMILES string of the molecule is O=C(CI)NCCc1cccc2ccc(I)cc12. The molecule has 0 fully saturated rings. The summed E-state index contributed by atoms with van der Waals surface area (Å²) < 4.78 is 1.76. The number of carbonyl (C=O) groups is 1. The summed E-state index contributed by atoms with van der Waals surface area (Å²) in [5.74, 6) is 0.102. The number of nitrogens with one attached hydrogen (secondary N) is 1. The maximum absolute atomic E-state index is 11.2. The molecule has 0 atom stereocenters. The van der Waals surface area contributed by atoms with E-state index in [4.69, 9.17) is 0 Å². The Morgan fingerprint density at radius 3 is 2.83 bits per heavy atom. The Balaban J connectivity index is 2.17. The quantitative estimate of drug-likeness (QED) is 0.544. The Kier molecular flexibility index (Phi) is 5.23. The molecule has 0 aliphatic rings. The van der Waals surface area contributed by atoms with Crippen molar-refractivity contribution in [1.82, 2.24) is 5.32 Å². The van der Waals surface area contributed by atoms with Crippen LogP contribution in [-0.4, -0.2) is 16.9 Å². The topological polar surface area (TPSA) is 29.1 Å². The van der Waals surface area contributed by atoms with Crippen LogP contribution in [0.25, 0.3) is 10.8 Å². The standard InChI is InChI=1S/C14H13I2NO/c15-9-14(18)17-7-6-11-3-1-2-10-4-5-12(16)8-13(10)11/h1-5,8H,6-7,9H2,(H,17,18). The molecule has 0 saturated carbocycles. The molecular weight excluding hydrogens is 452 g/mol. The van der Waals surface area contributed by atoms with Gasteiger partial charge in [0.1, 0.15) is 0 Å². The molecule has 1 N–H and O–H groups in total. The van der Waals surface area contributed by atoms with E-state index in [1.165, 1.54) is 19.9 Å². The van der Waals surface area contributed by atoms with E-state index in [2.05, 4.69) is 86.9 Å². The second-order valence-electron chi connectivity index (χ2n) is 4.02. The van der Waals surface area contributed by atoms with E-state index < -0.39 is 0 Å². The zero-order valence-corrected chi connectivity index (χ0v) is 14.1. The van der Waals surface area contributed by atoms with Gasteiger partial charge in [0.05, 0.1) is 4.43 Å². The number of rotatable bonds is 4. The summed E-state index contributed by atoms with van der Waals surface area (Å²) in [6.07, 6.45) is 0.875. The molecule has 0 bridgehead atoms. The van der Waals surface area contributed by atoms with E-state index in [0.717, 1.165) is 6.42 Å². The molecule has 2 nitrogen and oxygen atoms in total. The fourth-order valence-corrected chi connectivity index (χ4v) is 2.67. The molecule has 0 saturated heterocycles. The predicted molar refractivity (Wildman–Crippen MR) is 92.3 cm³/mol. The van der Waals surface area contributed by atoms with Gasteiger partial charge in [-0.1, -0.05) is 46.9 Å². The molecular formula is C14H13I2NO. The minimum atomic E-state index is 0.102. The first-order chi connectivity index (χ1) is 8.70. The van der Waals surface area contributed by atoms with Gasteiger partial charge in [0.2, 0.25) is 5.91 Å². The van der Waals surface area contributed by atoms with Crippen molar-refractivity contribution < 1.29 is 4.79 Å². The summed E-state index contributed by atoms with van der Waals surface area (Å²) in [4.78, 5) is 11.2. The largest absolute Gasteiger partial charge is 0.355 e. The lowest BCUT2D eigenvalue weighted by Gasteiger charge is -2.08. The van der Waals surface area contributed by atoms with E-state index in [9.17, 15) is 4.79 Å². The van der Waals surface area contributed by atoms with Crippen LogP contribution < -0.4 is 5.32 Å². The highest BCUT2D eigenvalue weighted by molar-refractivity contribution is 14.1. The molecule has 2 aromatic rings. The van der Waals surface area contributed by atoms with Gasteiger partial charge in [-0.2, -0.15) is 0 Å². The Labute approximate surface area is 134 Å². The first-order valence-corrected chi connectivity index (χ1v) is 8.31. The summed E-state index contributed by atoms with van der Waals surface area (Å²) in [5, 5.41) is 5.45. The fourth-order valence-electron chi connectivity index (χ4n) is 1.91. The normalized spacial score (nSPS) is 10.6. The summed E-state index contributed by atoms with van der Waals surface area (Å²) in [5.41, 5.74) is 1.29. The molecule has 2 rings (SSSR count). The highest BCUT2D eigenvalue weighted by atomic mass is 127. The molecule has 4 heteroatoms. The van der Waals surface area contributed by atoms with Gasteiger partial charge in [-0.3, -0.25) is 4.79 Å². The molecule has 0 spiro atoms. The number of halogens is 2. The highest BCUT2D eigenvalue weighted by Gasteiger charge is 2.03. The lowest BCUT2D eigenvalue weighted by Crippen LogP contribution is -2.26. The summed E-state index contributed by atoms with van der Waals surface area (Å²) in [6, 6.07) is 12.8. The predicted octanol–water partition coefficient (Wildman–Crippen LogP) is 3.54. The second-order valence-corrected chi connectivity index (χ2v) is 6.02. The average molecular weight is 465 g/mol. The zero-order valence-electron chi connectivity index (χ0n) is 9.75. The zero-order chi connectivity index (χ0) is 13.0. The number of hydrogen-bond acceptors (Lipinski definition) is 1. The third kappa shape index (κ3) is 3.57. The summed E-state index contributed by atoms with van der Waals surface area (Å²) in [6.45, 7) is 0.701. The van der Waals surface area contributed by atoms with Crippen LogP contribution in [0.4, 0.5) is 0 Å². The molecule has 0 unspecified atom stereocenters. The van der Waals surface area contributed by atoms with Crippen LogP contribution in [0.3, 0.4) is 0 Å². The summed E-state index contributed by atoms with van der Waals surface area (Å²) in [7, 11) is 0. The summed E-state index contributed by atoms with van der Waals surface area (Å²) >= 11 is 4.40. The number of fused-ring (bicyclic) bond motifs is 1. The third-order valence-corrected chi connectivity index (χ3v) is 4.14. The molecule has 0 aromatic heterocycles. The third-order valence-electron chi connectivity index (χ3n) is 2.77. The van der Waals surface area contributed by atoms with E-state index in [1.54, 1.807) is 0 Å². The average Bonchev–Trinajstić information content (AvgIpc) is 2.39. The Bertz CT molecular complexity index is 569. The van der Waals surface area contributed by atoms with Gasteiger partial charge in [-0.15, -0.1) is 0 Å². The first-order valence-electron chi connectivity index (χ1n) is 5.70. The van der Waals surface area contributed by atoms with E-state index >= 15 is 0 Å². The maximum Gasteiger partial charge on any atom is 0.229 e. The van der Waals surface area contributed by atoms with Crippen molar-refractivity contribution in [2.24, 2.45) is 0 Å². The van der Waals surface area contributed by atoms with Crippen molar-refractivity contribution in [3.05, 3.63) is 45.5 Å². The van der Waals surface area contributed by atoms with Gasteiger partial charge < -0.3 is 5.32 Å². The van der Waals surface area contributed by atoms with Gasteiger partial charge in [0.25, 0.3) is 0 Å². The molecule has 2 aromatic carbocycles. The van der Waals surface area contributed by atoms with Crippen LogP contribution in [0.1, 0.15) is 5.56 Å². The number of benzene rings is 2. The van der Waals surface area contributed by atoms with Gasteiger partial charge in [-0.25, -0.2) is 0 Å². The first kappa shape index (κ1) is 14.0. The Hall–Kier alpha value is -0.370. The van der Waals surface area contributed by atoms with Crippen molar-refractivity contribution in [2.45, 2.75) is 6.42 Å². The highest BCUT2D eigenvalue weighted by Crippen LogP contribution is 2.21. The van der Waals surface area contributed by atoms with Crippen LogP contribution in [0.2, 0.25) is 0 Å². The number of alkyl halides is 1. The van der Waals surface area contributed by atoms with Crippen LogP contribution in [0, 0.1) is 3.57 Å². The minimum Gasteiger partial charge on any atom is -0.355 e. The van der Waals surface area contributed by atoms with Crippen molar-refractivity contribution in [3.8, 4) is 0 Å². The lowest BCUT2D eigenvalue weighted by atomic mass is 10.0. The van der Waals surface area contributed by atoms with Crippen molar-refractivity contribution >= 4 is 61.9 Å². The van der Waals surface area contributed by atoms with Gasteiger partial charge >= 0.3 is 0 Å². The smallest absolute Gasteiger partial charge is 0.229 e. The molecule has 0 aliphatic carbocycles. The maximum atomic E-state index is 11.2. The van der Waals surface area contributed by atoms with Crippen molar-refractivity contribution in [2.75, 3.05) is 11.0 Å². The van der Waals surface area contributed by atoms with Gasteiger partial charge in [0.15, 0.2) is 0 Å². The Morgan fingerprint density at radius 1 is 1.22 bits per heavy atom. The minimum absolute atomic E-state index is 0.102. The van der Waals surface area contributed by atoms with E-state index in [0.29, 0.717) is 11.0 Å². The van der Waals surface area contributed by atoms with Gasteiger partial charge in [-0.05, 0) is 57.5 Å². The fraction of sp³-hybridized carbons (Fsp3) is 0.214. The number of carbonyl (C=O) groups excluding carboxylic acids is 1. The van der Waals surface area contributed by atoms with Crippen molar-refractivity contribution in [1.29, 1.82) is 0 Å².